The predicted molar refractivity (Wildman–Crippen MR) is 89.6 cm³/mol. The summed E-state index contributed by atoms with van der Waals surface area (Å²) in [6.07, 6.45) is 4.45. The highest BCUT2D eigenvalue weighted by atomic mass is 35.5. The average molecular weight is 338 g/mol. The molecule has 1 amide bonds. The Morgan fingerprint density at radius 3 is 2.61 bits per heavy atom. The first-order chi connectivity index (χ1) is 11.1. The van der Waals surface area contributed by atoms with Gasteiger partial charge < -0.3 is 15.2 Å². The van der Waals surface area contributed by atoms with Crippen molar-refractivity contribution in [3.8, 4) is 0 Å². The Hall–Kier alpha value is -1.10. The molecule has 1 heterocycles. The van der Waals surface area contributed by atoms with Crippen molar-refractivity contribution in [2.45, 2.75) is 56.1 Å². The van der Waals surface area contributed by atoms with E-state index in [1.165, 1.54) is 0 Å². The first-order valence-corrected chi connectivity index (χ1v) is 8.83. The summed E-state index contributed by atoms with van der Waals surface area (Å²) in [5.74, 6) is -0.0279. The van der Waals surface area contributed by atoms with Crippen molar-refractivity contribution in [2.24, 2.45) is 0 Å². The molecular formula is C18H24ClNO3. The van der Waals surface area contributed by atoms with Crippen LogP contribution < -0.4 is 5.32 Å². The van der Waals surface area contributed by atoms with Crippen LogP contribution >= 0.6 is 11.6 Å². The number of hydrogen-bond acceptors (Lipinski definition) is 3. The Kier molecular flexibility index (Phi) is 5.24. The average Bonchev–Trinajstić information content (AvgIpc) is 2.58. The number of benzene rings is 1. The Labute approximate surface area is 142 Å². The third-order valence-corrected chi connectivity index (χ3v) is 5.55. The second-order valence-electron chi connectivity index (χ2n) is 6.61. The maximum atomic E-state index is 13.2. The molecule has 1 aromatic carbocycles. The molecule has 2 atom stereocenters. The zero-order valence-corrected chi connectivity index (χ0v) is 14.0. The first-order valence-electron chi connectivity index (χ1n) is 8.45. The SMILES string of the molecule is O=C(NC1CCCCC1O)C1(c2ccccc2Cl)CCOCC1. The van der Waals surface area contributed by atoms with E-state index in [4.69, 9.17) is 16.3 Å². The quantitative estimate of drug-likeness (QED) is 0.891. The summed E-state index contributed by atoms with van der Waals surface area (Å²) in [5, 5.41) is 13.9. The number of nitrogens with one attached hydrogen (secondary N) is 1. The summed E-state index contributed by atoms with van der Waals surface area (Å²) in [4.78, 5) is 13.2. The maximum absolute atomic E-state index is 13.2. The van der Waals surface area contributed by atoms with Gasteiger partial charge in [-0.15, -0.1) is 0 Å². The van der Waals surface area contributed by atoms with Crippen molar-refractivity contribution in [2.75, 3.05) is 13.2 Å². The van der Waals surface area contributed by atoms with Crippen LogP contribution in [-0.2, 0) is 14.9 Å². The standard InChI is InChI=1S/C18H24ClNO3/c19-14-6-2-1-5-13(14)18(9-11-23-12-10-18)17(22)20-15-7-3-4-8-16(15)21/h1-2,5-6,15-16,21H,3-4,7-12H2,(H,20,22). The highest BCUT2D eigenvalue weighted by molar-refractivity contribution is 6.31. The van der Waals surface area contributed by atoms with Crippen LogP contribution in [0.15, 0.2) is 24.3 Å². The monoisotopic (exact) mass is 337 g/mol. The second kappa shape index (κ2) is 7.20. The van der Waals surface area contributed by atoms with Gasteiger partial charge in [-0.05, 0) is 37.3 Å². The smallest absolute Gasteiger partial charge is 0.231 e. The first kappa shape index (κ1) is 16.7. The molecule has 23 heavy (non-hydrogen) atoms. The minimum atomic E-state index is -0.659. The Morgan fingerprint density at radius 1 is 1.22 bits per heavy atom. The van der Waals surface area contributed by atoms with Gasteiger partial charge in [-0.3, -0.25) is 4.79 Å². The van der Waals surface area contributed by atoms with E-state index >= 15 is 0 Å². The summed E-state index contributed by atoms with van der Waals surface area (Å²) in [6, 6.07) is 7.41. The fourth-order valence-electron chi connectivity index (χ4n) is 3.77. The minimum absolute atomic E-state index is 0.0279. The lowest BCUT2D eigenvalue weighted by Crippen LogP contribution is -2.54. The molecule has 1 aliphatic carbocycles. The molecule has 4 nitrogen and oxygen atoms in total. The van der Waals surface area contributed by atoms with E-state index < -0.39 is 11.5 Å². The van der Waals surface area contributed by atoms with Crippen LogP contribution in [0.1, 0.15) is 44.1 Å². The molecule has 0 aromatic heterocycles. The fraction of sp³-hybridized carbons (Fsp3) is 0.611. The molecule has 0 spiro atoms. The van der Waals surface area contributed by atoms with Crippen molar-refractivity contribution in [3.63, 3.8) is 0 Å². The van der Waals surface area contributed by atoms with Gasteiger partial charge >= 0.3 is 0 Å². The molecule has 1 saturated heterocycles. The number of carbonyl (C=O) groups excluding carboxylic acids is 1. The molecule has 5 heteroatoms. The van der Waals surface area contributed by atoms with Crippen LogP contribution in [0.3, 0.4) is 0 Å². The van der Waals surface area contributed by atoms with Crippen LogP contribution in [-0.4, -0.2) is 36.4 Å². The van der Waals surface area contributed by atoms with E-state index in [1.807, 2.05) is 24.3 Å². The number of aliphatic hydroxyl groups excluding tert-OH is 1. The zero-order valence-electron chi connectivity index (χ0n) is 13.3. The number of carbonyl (C=O) groups is 1. The number of hydrogen-bond donors (Lipinski definition) is 2. The zero-order chi connectivity index (χ0) is 16.3. The lowest BCUT2D eigenvalue weighted by Gasteiger charge is -2.39. The van der Waals surface area contributed by atoms with Gasteiger partial charge in [0, 0.05) is 18.2 Å². The van der Waals surface area contributed by atoms with Crippen molar-refractivity contribution in [3.05, 3.63) is 34.9 Å². The highest BCUT2D eigenvalue weighted by Gasteiger charge is 2.44. The third-order valence-electron chi connectivity index (χ3n) is 5.22. The van der Waals surface area contributed by atoms with Crippen molar-refractivity contribution >= 4 is 17.5 Å². The van der Waals surface area contributed by atoms with E-state index in [2.05, 4.69) is 5.32 Å². The predicted octanol–water partition coefficient (Wildman–Crippen LogP) is 2.81. The van der Waals surface area contributed by atoms with E-state index in [0.717, 1.165) is 31.2 Å². The topological polar surface area (TPSA) is 58.6 Å². The van der Waals surface area contributed by atoms with Crippen LogP contribution in [0, 0.1) is 0 Å². The van der Waals surface area contributed by atoms with Crippen LogP contribution in [0.5, 0.6) is 0 Å². The van der Waals surface area contributed by atoms with E-state index in [-0.39, 0.29) is 11.9 Å². The molecule has 2 aliphatic rings. The molecule has 1 aliphatic heterocycles. The third kappa shape index (κ3) is 3.39. The molecule has 3 rings (SSSR count). The Morgan fingerprint density at radius 2 is 1.91 bits per heavy atom. The Bertz CT molecular complexity index is 557. The summed E-state index contributed by atoms with van der Waals surface area (Å²) >= 11 is 6.39. The summed E-state index contributed by atoms with van der Waals surface area (Å²) in [7, 11) is 0. The number of amides is 1. The molecule has 2 unspecified atom stereocenters. The minimum Gasteiger partial charge on any atom is -0.391 e. The molecule has 0 radical (unpaired) electrons. The Balaban J connectivity index is 1.86. The van der Waals surface area contributed by atoms with E-state index in [1.54, 1.807) is 0 Å². The summed E-state index contributed by atoms with van der Waals surface area (Å²) in [6.45, 7) is 1.09. The lowest BCUT2D eigenvalue weighted by atomic mass is 9.73. The summed E-state index contributed by atoms with van der Waals surface area (Å²) in [5.41, 5.74) is 0.209. The van der Waals surface area contributed by atoms with E-state index in [0.29, 0.717) is 31.1 Å². The van der Waals surface area contributed by atoms with Crippen molar-refractivity contribution in [1.82, 2.24) is 5.32 Å². The second-order valence-corrected chi connectivity index (χ2v) is 7.01. The van der Waals surface area contributed by atoms with Crippen LogP contribution in [0.25, 0.3) is 0 Å². The van der Waals surface area contributed by atoms with Gasteiger partial charge in [0.2, 0.25) is 5.91 Å². The van der Waals surface area contributed by atoms with Gasteiger partial charge in [0.05, 0.1) is 17.6 Å². The van der Waals surface area contributed by atoms with Gasteiger partial charge in [0.25, 0.3) is 0 Å². The molecule has 2 N–H and O–H groups in total. The fourth-order valence-corrected chi connectivity index (χ4v) is 4.09. The van der Waals surface area contributed by atoms with Gasteiger partial charge in [0.15, 0.2) is 0 Å². The number of ether oxygens (including phenoxy) is 1. The number of aliphatic hydroxyl groups is 1. The summed E-state index contributed by atoms with van der Waals surface area (Å²) < 4.78 is 5.47. The van der Waals surface area contributed by atoms with Gasteiger partial charge in [-0.1, -0.05) is 42.6 Å². The number of rotatable bonds is 3. The molecular weight excluding hydrogens is 314 g/mol. The normalized spacial score (nSPS) is 27.4. The highest BCUT2D eigenvalue weighted by Crippen LogP contribution is 2.39. The van der Waals surface area contributed by atoms with Crippen molar-refractivity contribution < 1.29 is 14.6 Å². The van der Waals surface area contributed by atoms with Gasteiger partial charge in [-0.2, -0.15) is 0 Å². The van der Waals surface area contributed by atoms with Crippen LogP contribution in [0.2, 0.25) is 5.02 Å². The van der Waals surface area contributed by atoms with Gasteiger partial charge in [0.1, 0.15) is 0 Å². The molecule has 1 saturated carbocycles. The van der Waals surface area contributed by atoms with Gasteiger partial charge in [-0.25, -0.2) is 0 Å². The molecule has 126 valence electrons. The van der Waals surface area contributed by atoms with Crippen molar-refractivity contribution in [1.29, 1.82) is 0 Å². The molecule has 2 fully saturated rings. The van der Waals surface area contributed by atoms with E-state index in [9.17, 15) is 9.90 Å². The molecule has 0 bridgehead atoms. The number of halogens is 1. The maximum Gasteiger partial charge on any atom is 0.231 e. The molecule has 1 aromatic rings. The lowest BCUT2D eigenvalue weighted by molar-refractivity contribution is -0.132. The largest absolute Gasteiger partial charge is 0.391 e. The van der Waals surface area contributed by atoms with Crippen LogP contribution in [0.4, 0.5) is 0 Å².